The molecule has 5 atom stereocenters. The van der Waals surface area contributed by atoms with Crippen LogP contribution in [0.3, 0.4) is 0 Å². The first-order valence-corrected chi connectivity index (χ1v) is 19.7. The highest BCUT2D eigenvalue weighted by Crippen LogP contribution is 2.46. The number of nitrogens with zero attached hydrogens (tertiary/aromatic N) is 2. The molecule has 0 radical (unpaired) electrons. The van der Waals surface area contributed by atoms with E-state index < -0.39 is 80.4 Å². The Kier molecular flexibility index (Phi) is 10.6. The molecule has 1 aromatic rings. The van der Waals surface area contributed by atoms with E-state index in [9.17, 15) is 32.4 Å². The number of ether oxygens (including phenoxy) is 4. The van der Waals surface area contributed by atoms with E-state index >= 15 is 0 Å². The Hall–Kier alpha value is -4.54. The monoisotopic (exact) mass is 759 g/mol. The van der Waals surface area contributed by atoms with E-state index in [1.165, 1.54) is 23.6 Å². The number of carbonyl (C=O) groups is 5. The molecule has 0 spiro atoms. The number of allylic oxidation sites excluding steroid dienone is 1. The summed E-state index contributed by atoms with van der Waals surface area (Å²) in [6.07, 6.45) is 4.42. The Labute approximate surface area is 309 Å². The van der Waals surface area contributed by atoms with E-state index in [1.807, 2.05) is 18.2 Å². The van der Waals surface area contributed by atoms with Crippen molar-refractivity contribution in [1.82, 2.24) is 25.2 Å². The van der Waals surface area contributed by atoms with E-state index in [1.54, 1.807) is 26.8 Å². The van der Waals surface area contributed by atoms with Crippen molar-refractivity contribution in [2.45, 2.75) is 127 Å². The summed E-state index contributed by atoms with van der Waals surface area (Å²) in [5.41, 5.74) is -0.701. The minimum atomic E-state index is -4.02. The number of alkyl carbamates (subject to hydrolysis) is 1. The molecule has 4 heterocycles. The molecule has 17 heteroatoms. The normalized spacial score (nSPS) is 27.7. The molecule has 1 aromatic carbocycles. The third-order valence-corrected chi connectivity index (χ3v) is 11.9. The third kappa shape index (κ3) is 8.34. The molecule has 16 nitrogen and oxygen atoms in total. The largest absolute Gasteiger partial charge is 0.454 e. The average molecular weight is 760 g/mol. The molecule has 4 aliphatic heterocycles. The number of nitrogens with one attached hydrogen (secondary N) is 3. The molecule has 1 aliphatic carbocycles. The molecular weight excluding hydrogens is 710 g/mol. The van der Waals surface area contributed by atoms with Crippen LogP contribution < -0.4 is 24.8 Å². The fourth-order valence-electron chi connectivity index (χ4n) is 7.14. The number of carbonyl (C=O) groups excluding carboxylic acids is 5. The molecule has 6 rings (SSSR count). The van der Waals surface area contributed by atoms with Gasteiger partial charge < -0.3 is 34.5 Å². The lowest BCUT2D eigenvalue weighted by molar-refractivity contribution is -0.141. The number of amides is 5. The molecule has 3 N–H and O–H groups in total. The number of rotatable bonds is 5. The first kappa shape index (κ1) is 38.2. The minimum absolute atomic E-state index is 0.0862. The summed E-state index contributed by atoms with van der Waals surface area (Å²) < 4.78 is 50.0. The summed E-state index contributed by atoms with van der Waals surface area (Å²) in [4.78, 5) is 71.4. The highest BCUT2D eigenvalue weighted by atomic mass is 32.2. The van der Waals surface area contributed by atoms with Gasteiger partial charge in [-0.15, -0.1) is 0 Å². The lowest BCUT2D eigenvalue weighted by Crippen LogP contribution is -2.58. The van der Waals surface area contributed by atoms with Crippen LogP contribution in [0.25, 0.3) is 0 Å². The van der Waals surface area contributed by atoms with Crippen LogP contribution in [0.1, 0.15) is 90.7 Å². The lowest BCUT2D eigenvalue weighted by atomic mass is 10.0. The molecule has 1 saturated carbocycles. The average Bonchev–Trinajstić information content (AvgIpc) is 3.46. The van der Waals surface area contributed by atoms with Gasteiger partial charge in [0.2, 0.25) is 28.6 Å². The zero-order valence-corrected chi connectivity index (χ0v) is 31.6. The number of benzene rings is 1. The molecule has 53 heavy (non-hydrogen) atoms. The van der Waals surface area contributed by atoms with Gasteiger partial charge in [-0.05, 0) is 71.9 Å². The fraction of sp³-hybridized carbons (Fsp3) is 0.639. The van der Waals surface area contributed by atoms with Crippen molar-refractivity contribution >= 4 is 39.9 Å². The molecular formula is C36H49N5O11S. The summed E-state index contributed by atoms with van der Waals surface area (Å²) in [5, 5.41) is 4.58. The summed E-state index contributed by atoms with van der Waals surface area (Å²) in [6, 6.07) is 1.38. The van der Waals surface area contributed by atoms with E-state index in [0.717, 1.165) is 24.0 Å². The number of fused-ring (bicyclic) bond motifs is 5. The van der Waals surface area contributed by atoms with Crippen molar-refractivity contribution in [2.24, 2.45) is 5.92 Å². The Balaban J connectivity index is 1.25. The van der Waals surface area contributed by atoms with Gasteiger partial charge in [-0.3, -0.25) is 24.0 Å². The molecule has 1 saturated heterocycles. The summed E-state index contributed by atoms with van der Waals surface area (Å²) in [6.45, 7) is 8.39. The van der Waals surface area contributed by atoms with Crippen LogP contribution in [0, 0.1) is 5.92 Å². The smallest absolute Gasteiger partial charge is 0.410 e. The van der Waals surface area contributed by atoms with Crippen molar-refractivity contribution < 1.29 is 51.3 Å². The number of hydrogen-bond acceptors (Lipinski definition) is 11. The predicted molar refractivity (Wildman–Crippen MR) is 189 cm³/mol. The fourth-order valence-corrected chi connectivity index (χ4v) is 7.82. The van der Waals surface area contributed by atoms with Gasteiger partial charge in [0.1, 0.15) is 29.3 Å². The summed E-state index contributed by atoms with van der Waals surface area (Å²) in [5.74, 6) is -1.44. The van der Waals surface area contributed by atoms with Crippen LogP contribution in [0.5, 0.6) is 11.5 Å². The Morgan fingerprint density at radius 1 is 1.08 bits per heavy atom. The molecule has 5 amide bonds. The lowest BCUT2D eigenvalue weighted by Gasteiger charge is -2.30. The first-order valence-electron chi connectivity index (χ1n) is 18.2. The Morgan fingerprint density at radius 3 is 2.58 bits per heavy atom. The van der Waals surface area contributed by atoms with E-state index in [-0.39, 0.29) is 45.7 Å². The highest BCUT2D eigenvalue weighted by molar-refractivity contribution is 7.90. The zero-order chi connectivity index (χ0) is 38.3. The quantitative estimate of drug-likeness (QED) is 0.373. The SMILES string of the molecule is CC(C)S(=O)(=O)NC(=O)[C@@]12C[C@H]1/C=C\CCCCC[C@H](NC(=O)OC(C)(C)C)C(=O)N1C[C@H](OC(=O)N3Cc4ccc5c(c4C3)OCO5)C[C@H]1C(=O)N2. The highest BCUT2D eigenvalue weighted by Gasteiger charge is 2.62. The Morgan fingerprint density at radius 2 is 1.85 bits per heavy atom. The van der Waals surface area contributed by atoms with Gasteiger partial charge in [-0.2, -0.15) is 0 Å². The van der Waals surface area contributed by atoms with Crippen LogP contribution in [-0.4, -0.2) is 96.0 Å². The van der Waals surface area contributed by atoms with E-state index in [0.29, 0.717) is 24.3 Å². The second-order valence-electron chi connectivity index (χ2n) is 15.6. The first-order chi connectivity index (χ1) is 25.0. The van der Waals surface area contributed by atoms with Crippen molar-refractivity contribution in [1.29, 1.82) is 0 Å². The van der Waals surface area contributed by atoms with Crippen molar-refractivity contribution in [3.8, 4) is 11.5 Å². The second kappa shape index (κ2) is 14.7. The van der Waals surface area contributed by atoms with Gasteiger partial charge in [0, 0.05) is 24.4 Å². The topological polar surface area (TPSA) is 199 Å². The van der Waals surface area contributed by atoms with E-state index in [2.05, 4.69) is 15.4 Å². The summed E-state index contributed by atoms with van der Waals surface area (Å²) >= 11 is 0. The molecule has 5 aliphatic rings. The molecule has 0 bridgehead atoms. The maximum absolute atomic E-state index is 14.4. The molecule has 290 valence electrons. The zero-order valence-electron chi connectivity index (χ0n) is 30.8. The summed E-state index contributed by atoms with van der Waals surface area (Å²) in [7, 11) is -4.02. The third-order valence-electron chi connectivity index (χ3n) is 10.2. The number of hydrogen-bond donors (Lipinski definition) is 3. The standard InChI is InChI=1S/C36H49N5O11S/c1-21(2)53(47,48)39-32(44)36-16-23(36)11-9-7-6-8-10-12-26(37-33(45)52-35(3,4)5)31(43)41-18-24(15-27(41)30(42)38-36)51-34(46)40-17-22-13-14-28-29(25(22)19-40)50-20-49-28/h9,11,13-14,21,23-24,26-27H,6-8,10,12,15-20H2,1-5H3,(H,37,45)(H,38,42)(H,39,44)/b11-9-/t23-,24-,26+,27+,36-/m1/s1. The van der Waals surface area contributed by atoms with Gasteiger partial charge in [0.05, 0.1) is 18.3 Å². The van der Waals surface area contributed by atoms with Crippen molar-refractivity contribution in [2.75, 3.05) is 13.3 Å². The van der Waals surface area contributed by atoms with Gasteiger partial charge in [0.15, 0.2) is 11.5 Å². The predicted octanol–water partition coefficient (Wildman–Crippen LogP) is 2.98. The van der Waals surface area contributed by atoms with Gasteiger partial charge >= 0.3 is 12.2 Å². The maximum Gasteiger partial charge on any atom is 0.410 e. The molecule has 0 aromatic heterocycles. The van der Waals surface area contributed by atoms with Gasteiger partial charge in [-0.25, -0.2) is 18.0 Å². The molecule has 0 unspecified atom stereocenters. The van der Waals surface area contributed by atoms with Crippen LogP contribution in [-0.2, 0) is 47.0 Å². The molecule has 2 fully saturated rings. The van der Waals surface area contributed by atoms with Gasteiger partial charge in [0.25, 0.3) is 5.91 Å². The van der Waals surface area contributed by atoms with Crippen LogP contribution in [0.15, 0.2) is 24.3 Å². The van der Waals surface area contributed by atoms with Crippen molar-refractivity contribution in [3.63, 3.8) is 0 Å². The van der Waals surface area contributed by atoms with Crippen molar-refractivity contribution in [3.05, 3.63) is 35.4 Å². The van der Waals surface area contributed by atoms with E-state index in [4.69, 9.17) is 18.9 Å². The second-order valence-corrected chi connectivity index (χ2v) is 17.8. The van der Waals surface area contributed by atoms with Gasteiger partial charge in [-0.1, -0.05) is 31.1 Å². The Bertz CT molecular complexity index is 1790. The maximum atomic E-state index is 14.4. The van der Waals surface area contributed by atoms with Crippen LogP contribution >= 0.6 is 0 Å². The van der Waals surface area contributed by atoms with Crippen LogP contribution in [0.2, 0.25) is 0 Å². The number of sulfonamides is 1. The minimum Gasteiger partial charge on any atom is -0.454 e. The van der Waals surface area contributed by atoms with Crippen LogP contribution in [0.4, 0.5) is 9.59 Å².